The van der Waals surface area contributed by atoms with Crippen molar-refractivity contribution in [2.45, 2.75) is 0 Å². The first-order valence-corrected chi connectivity index (χ1v) is 22.1. The van der Waals surface area contributed by atoms with Gasteiger partial charge in [-0.25, -0.2) is 0 Å². The van der Waals surface area contributed by atoms with Gasteiger partial charge in [0.2, 0.25) is 0 Å². The molecule has 0 radical (unpaired) electrons. The van der Waals surface area contributed by atoms with E-state index in [0.717, 1.165) is 17.1 Å². The summed E-state index contributed by atoms with van der Waals surface area (Å²) >= 11 is 1.89. The monoisotopic (exact) mass is 803 g/mol. The Morgan fingerprint density at radius 2 is 0.774 bits per heavy atom. The highest BCUT2D eigenvalue weighted by Crippen LogP contribution is 2.47. The first kappa shape index (κ1) is 35.0. The maximum atomic E-state index is 2.47. The summed E-state index contributed by atoms with van der Waals surface area (Å²) in [6, 6.07) is 83.1. The van der Waals surface area contributed by atoms with Crippen molar-refractivity contribution in [2.75, 3.05) is 4.90 Å². The van der Waals surface area contributed by atoms with Crippen LogP contribution in [0.4, 0.5) is 17.1 Å². The van der Waals surface area contributed by atoms with Crippen LogP contribution < -0.4 is 4.90 Å². The molecule has 2 heteroatoms. The van der Waals surface area contributed by atoms with Crippen LogP contribution in [0.25, 0.3) is 107 Å². The van der Waals surface area contributed by atoms with Crippen LogP contribution in [-0.2, 0) is 0 Å². The average Bonchev–Trinajstić information content (AvgIpc) is 3.72. The van der Waals surface area contributed by atoms with Crippen LogP contribution in [0.3, 0.4) is 0 Å². The molecule has 0 N–H and O–H groups in total. The van der Waals surface area contributed by atoms with Crippen molar-refractivity contribution in [1.29, 1.82) is 0 Å². The van der Waals surface area contributed by atoms with E-state index < -0.39 is 0 Å². The van der Waals surface area contributed by atoms with Gasteiger partial charge in [-0.2, -0.15) is 0 Å². The fourth-order valence-corrected chi connectivity index (χ4v) is 11.4. The van der Waals surface area contributed by atoms with E-state index in [4.69, 9.17) is 0 Å². The van der Waals surface area contributed by atoms with E-state index >= 15 is 0 Å². The van der Waals surface area contributed by atoms with Crippen LogP contribution in [0.1, 0.15) is 0 Å². The molecule has 0 amide bonds. The van der Waals surface area contributed by atoms with Crippen molar-refractivity contribution in [3.05, 3.63) is 224 Å². The van der Waals surface area contributed by atoms with Crippen LogP contribution in [0.15, 0.2) is 224 Å². The molecule has 0 aliphatic carbocycles. The molecule has 0 aliphatic rings. The molecular weight excluding hydrogens is 767 g/mol. The van der Waals surface area contributed by atoms with Crippen molar-refractivity contribution in [3.8, 4) is 22.3 Å². The van der Waals surface area contributed by atoms with E-state index in [9.17, 15) is 0 Å². The van der Waals surface area contributed by atoms with Gasteiger partial charge in [0.1, 0.15) is 0 Å². The second kappa shape index (κ2) is 13.9. The molecule has 1 heterocycles. The quantitative estimate of drug-likeness (QED) is 0.157. The molecule has 62 heavy (non-hydrogen) atoms. The lowest BCUT2D eigenvalue weighted by molar-refractivity contribution is 1.30. The third kappa shape index (κ3) is 5.40. The zero-order valence-electron chi connectivity index (χ0n) is 33.7. The Balaban J connectivity index is 1.03. The molecule has 12 aromatic carbocycles. The van der Waals surface area contributed by atoms with E-state index in [0.29, 0.717) is 0 Å². The highest BCUT2D eigenvalue weighted by atomic mass is 32.1. The molecule has 0 saturated heterocycles. The molecule has 13 aromatic rings. The predicted molar refractivity (Wildman–Crippen MR) is 270 cm³/mol. The minimum absolute atomic E-state index is 1.11. The largest absolute Gasteiger partial charge is 0.310 e. The van der Waals surface area contributed by atoms with Gasteiger partial charge in [0, 0.05) is 36.9 Å². The lowest BCUT2D eigenvalue weighted by Gasteiger charge is -2.28. The van der Waals surface area contributed by atoms with Crippen LogP contribution in [0.5, 0.6) is 0 Å². The van der Waals surface area contributed by atoms with E-state index in [2.05, 4.69) is 229 Å². The van der Waals surface area contributed by atoms with E-state index in [1.54, 1.807) is 0 Å². The van der Waals surface area contributed by atoms with Gasteiger partial charge in [-0.1, -0.05) is 182 Å². The Kier molecular flexibility index (Phi) is 7.85. The standard InChI is InChI=1S/C60H37NS/c1-6-18-46-38(13-1)27-31-55-54-32-30-43(37-59(54)62-60(46)55)61(42-28-25-39(26-29-42)56-35-40-14-2-4-16-44(40)47-19-7-9-22-50(47)56)58-34-33-52(49-21-11-12-24-53(49)58)57-36-41-15-3-5-17-45(41)48-20-8-10-23-51(48)57/h1-37H. The summed E-state index contributed by atoms with van der Waals surface area (Å²) < 4.78 is 2.62. The van der Waals surface area contributed by atoms with Gasteiger partial charge in [-0.3, -0.25) is 0 Å². The van der Waals surface area contributed by atoms with Gasteiger partial charge in [-0.05, 0) is 124 Å². The Labute approximate surface area is 363 Å². The molecule has 1 aromatic heterocycles. The van der Waals surface area contributed by atoms with Crippen molar-refractivity contribution in [3.63, 3.8) is 0 Å². The van der Waals surface area contributed by atoms with Gasteiger partial charge < -0.3 is 4.90 Å². The third-order valence-corrected chi connectivity index (χ3v) is 14.2. The van der Waals surface area contributed by atoms with Crippen LogP contribution in [0.2, 0.25) is 0 Å². The smallest absolute Gasteiger partial charge is 0.0540 e. The molecule has 0 spiro atoms. The molecule has 1 nitrogen and oxygen atoms in total. The van der Waals surface area contributed by atoms with Gasteiger partial charge in [0.25, 0.3) is 0 Å². The number of fused-ring (bicyclic) bond motifs is 12. The first-order valence-electron chi connectivity index (χ1n) is 21.3. The summed E-state index contributed by atoms with van der Waals surface area (Å²) in [7, 11) is 0. The number of anilines is 3. The highest BCUT2D eigenvalue weighted by Gasteiger charge is 2.21. The number of rotatable bonds is 5. The first-order chi connectivity index (χ1) is 30.7. The predicted octanol–water partition coefficient (Wildman–Crippen LogP) is 17.8. The maximum Gasteiger partial charge on any atom is 0.0540 e. The fraction of sp³-hybridized carbons (Fsp3) is 0. The molecule has 13 rings (SSSR count). The summed E-state index contributed by atoms with van der Waals surface area (Å²) in [4.78, 5) is 2.47. The molecule has 288 valence electrons. The molecule has 0 bridgehead atoms. The Morgan fingerprint density at radius 1 is 0.274 bits per heavy atom. The molecule has 0 aliphatic heterocycles. The van der Waals surface area contributed by atoms with Gasteiger partial charge in [0.15, 0.2) is 0 Å². The van der Waals surface area contributed by atoms with Crippen LogP contribution in [-0.4, -0.2) is 0 Å². The van der Waals surface area contributed by atoms with Crippen molar-refractivity contribution in [2.24, 2.45) is 0 Å². The Morgan fingerprint density at radius 3 is 1.45 bits per heavy atom. The molecule has 0 fully saturated rings. The van der Waals surface area contributed by atoms with Crippen molar-refractivity contribution in [1.82, 2.24) is 0 Å². The van der Waals surface area contributed by atoms with Crippen molar-refractivity contribution >= 4 is 113 Å². The Hall–Kier alpha value is -7.78. The van der Waals surface area contributed by atoms with Crippen LogP contribution in [0, 0.1) is 0 Å². The molecule has 0 saturated carbocycles. The second-order valence-corrected chi connectivity index (χ2v) is 17.4. The topological polar surface area (TPSA) is 3.24 Å². The minimum Gasteiger partial charge on any atom is -0.310 e. The lowest BCUT2D eigenvalue weighted by atomic mass is 9.90. The van der Waals surface area contributed by atoms with Gasteiger partial charge >= 0.3 is 0 Å². The summed E-state index contributed by atoms with van der Waals surface area (Å²) in [5.74, 6) is 0. The van der Waals surface area contributed by atoms with E-state index in [-0.39, 0.29) is 0 Å². The van der Waals surface area contributed by atoms with Crippen LogP contribution >= 0.6 is 11.3 Å². The summed E-state index contributed by atoms with van der Waals surface area (Å²) in [5.41, 5.74) is 8.31. The zero-order valence-corrected chi connectivity index (χ0v) is 34.5. The lowest BCUT2D eigenvalue weighted by Crippen LogP contribution is -2.10. The zero-order chi connectivity index (χ0) is 40.7. The third-order valence-electron chi connectivity index (χ3n) is 13.0. The molecule has 0 unspecified atom stereocenters. The van der Waals surface area contributed by atoms with E-state index in [1.807, 2.05) is 11.3 Å². The van der Waals surface area contributed by atoms with Crippen molar-refractivity contribution < 1.29 is 0 Å². The number of benzene rings is 12. The number of nitrogens with zero attached hydrogens (tertiary/aromatic N) is 1. The average molecular weight is 804 g/mol. The Bertz CT molecular complexity index is 3930. The molecule has 0 atom stereocenters. The number of hydrogen-bond acceptors (Lipinski definition) is 2. The maximum absolute atomic E-state index is 2.47. The number of thiophene rings is 1. The summed E-state index contributed by atoms with van der Waals surface area (Å²) in [5, 5.41) is 17.8. The molecular formula is C60H37NS. The summed E-state index contributed by atoms with van der Waals surface area (Å²) in [6.07, 6.45) is 0. The minimum atomic E-state index is 1.11. The van der Waals surface area contributed by atoms with Gasteiger partial charge in [0.05, 0.1) is 5.69 Å². The van der Waals surface area contributed by atoms with E-state index in [1.165, 1.54) is 107 Å². The highest BCUT2D eigenvalue weighted by molar-refractivity contribution is 7.26. The van der Waals surface area contributed by atoms with Gasteiger partial charge in [-0.15, -0.1) is 11.3 Å². The summed E-state index contributed by atoms with van der Waals surface area (Å²) in [6.45, 7) is 0. The normalized spacial score (nSPS) is 11.9. The second-order valence-electron chi connectivity index (χ2n) is 16.4. The SMILES string of the molecule is c1ccc2c(c1)cc(-c1ccc(N(c3ccc4c(c3)sc3c5ccccc5ccc43)c3ccc(-c4cc5ccccc5c5ccccc45)c4ccccc34)cc1)c1ccccc12. The number of hydrogen-bond donors (Lipinski definition) is 0. The fourth-order valence-electron chi connectivity index (χ4n) is 10.1.